The number of methoxy groups -OCH3 is 1. The van der Waals surface area contributed by atoms with E-state index < -0.39 is 5.97 Å². The summed E-state index contributed by atoms with van der Waals surface area (Å²) in [5.74, 6) is -0.0744. The average Bonchev–Trinajstić information content (AvgIpc) is 2.76. The standard InChI is InChI=1S/C23H29NO5/c1-27-20-8-6-18(7-9-20)22-5-3-2-4-19(22)16-29-21-10-12-24(13-11-21)14-15-28-17-23(25)26/h2-9,21H,10-17H2,1H3,(H,25,26). The Hall–Kier alpha value is -2.41. The van der Waals surface area contributed by atoms with Gasteiger partial charge in [-0.25, -0.2) is 4.79 Å². The number of rotatable bonds is 10. The summed E-state index contributed by atoms with van der Waals surface area (Å²) in [5.41, 5.74) is 3.52. The molecule has 0 saturated carbocycles. The molecule has 1 fully saturated rings. The SMILES string of the molecule is COc1ccc(-c2ccccc2COC2CCN(CCOCC(=O)O)CC2)cc1. The Balaban J connectivity index is 1.47. The van der Waals surface area contributed by atoms with Gasteiger partial charge >= 0.3 is 5.97 Å². The van der Waals surface area contributed by atoms with Gasteiger partial charge in [-0.2, -0.15) is 0 Å². The van der Waals surface area contributed by atoms with Crippen molar-refractivity contribution in [3.8, 4) is 16.9 Å². The fraction of sp³-hybridized carbons (Fsp3) is 0.435. The number of aliphatic carboxylic acids is 1. The summed E-state index contributed by atoms with van der Waals surface area (Å²) in [5, 5.41) is 8.59. The first-order valence-corrected chi connectivity index (χ1v) is 10.0. The van der Waals surface area contributed by atoms with Crippen LogP contribution in [0.4, 0.5) is 0 Å². The van der Waals surface area contributed by atoms with Gasteiger partial charge in [0.15, 0.2) is 0 Å². The van der Waals surface area contributed by atoms with E-state index in [9.17, 15) is 4.79 Å². The maximum atomic E-state index is 10.5. The molecule has 0 spiro atoms. The molecule has 0 aromatic heterocycles. The van der Waals surface area contributed by atoms with Crippen LogP contribution in [-0.4, -0.2) is 62.0 Å². The van der Waals surface area contributed by atoms with E-state index in [-0.39, 0.29) is 12.7 Å². The minimum Gasteiger partial charge on any atom is -0.497 e. The number of carboxylic acid groups (broad SMARTS) is 1. The highest BCUT2D eigenvalue weighted by Crippen LogP contribution is 2.27. The first kappa shape index (κ1) is 21.3. The van der Waals surface area contributed by atoms with Crippen molar-refractivity contribution in [3.05, 3.63) is 54.1 Å². The van der Waals surface area contributed by atoms with Crippen molar-refractivity contribution in [3.63, 3.8) is 0 Å². The fourth-order valence-electron chi connectivity index (χ4n) is 3.56. The molecule has 1 aliphatic rings. The monoisotopic (exact) mass is 399 g/mol. The van der Waals surface area contributed by atoms with Crippen molar-refractivity contribution in [1.82, 2.24) is 4.90 Å². The number of carboxylic acids is 1. The van der Waals surface area contributed by atoms with E-state index in [0.717, 1.165) is 43.8 Å². The molecule has 0 bridgehead atoms. The van der Waals surface area contributed by atoms with Crippen molar-refractivity contribution in [2.45, 2.75) is 25.6 Å². The van der Waals surface area contributed by atoms with Crippen molar-refractivity contribution in [2.75, 3.05) is 40.0 Å². The molecular weight excluding hydrogens is 370 g/mol. The van der Waals surface area contributed by atoms with Gasteiger partial charge in [-0.3, -0.25) is 0 Å². The average molecular weight is 399 g/mol. The van der Waals surface area contributed by atoms with Crippen molar-refractivity contribution < 1.29 is 24.1 Å². The number of ether oxygens (including phenoxy) is 3. The minimum absolute atomic E-state index is 0.229. The lowest BCUT2D eigenvalue weighted by Gasteiger charge is -2.31. The number of nitrogens with zero attached hydrogens (tertiary/aromatic N) is 1. The Labute approximate surface area is 172 Å². The Kier molecular flexibility index (Phi) is 8.04. The second-order valence-electron chi connectivity index (χ2n) is 7.18. The molecule has 0 radical (unpaired) electrons. The third-order valence-corrected chi connectivity index (χ3v) is 5.20. The highest BCUT2D eigenvalue weighted by atomic mass is 16.5. The summed E-state index contributed by atoms with van der Waals surface area (Å²) in [4.78, 5) is 12.8. The number of hydrogen-bond donors (Lipinski definition) is 1. The third-order valence-electron chi connectivity index (χ3n) is 5.20. The first-order valence-electron chi connectivity index (χ1n) is 10.0. The second-order valence-corrected chi connectivity index (χ2v) is 7.18. The van der Waals surface area contributed by atoms with E-state index in [0.29, 0.717) is 13.2 Å². The Morgan fingerprint density at radius 2 is 1.83 bits per heavy atom. The van der Waals surface area contributed by atoms with E-state index in [1.165, 1.54) is 11.1 Å². The van der Waals surface area contributed by atoms with Crippen LogP contribution in [0.25, 0.3) is 11.1 Å². The summed E-state index contributed by atoms with van der Waals surface area (Å²) in [7, 11) is 1.67. The second kappa shape index (κ2) is 11.0. The molecule has 0 amide bonds. The Bertz CT molecular complexity index is 769. The molecule has 6 heteroatoms. The predicted molar refractivity (Wildman–Crippen MR) is 111 cm³/mol. The van der Waals surface area contributed by atoms with Crippen LogP contribution < -0.4 is 4.74 Å². The van der Waals surface area contributed by atoms with Crippen LogP contribution in [0.1, 0.15) is 18.4 Å². The zero-order valence-electron chi connectivity index (χ0n) is 16.9. The van der Waals surface area contributed by atoms with Crippen LogP contribution in [0.2, 0.25) is 0 Å². The van der Waals surface area contributed by atoms with Crippen molar-refractivity contribution in [2.24, 2.45) is 0 Å². The van der Waals surface area contributed by atoms with Gasteiger partial charge in [-0.05, 0) is 41.7 Å². The van der Waals surface area contributed by atoms with Gasteiger partial charge < -0.3 is 24.2 Å². The molecule has 2 aromatic rings. The van der Waals surface area contributed by atoms with Crippen LogP contribution in [0.15, 0.2) is 48.5 Å². The van der Waals surface area contributed by atoms with Gasteiger partial charge in [0.05, 0.1) is 26.4 Å². The maximum Gasteiger partial charge on any atom is 0.329 e. The molecule has 1 aliphatic heterocycles. The molecule has 6 nitrogen and oxygen atoms in total. The van der Waals surface area contributed by atoms with Crippen LogP contribution >= 0.6 is 0 Å². The zero-order valence-corrected chi connectivity index (χ0v) is 16.9. The summed E-state index contributed by atoms with van der Waals surface area (Å²) >= 11 is 0. The smallest absolute Gasteiger partial charge is 0.329 e. The molecule has 156 valence electrons. The molecule has 0 aliphatic carbocycles. The molecule has 1 heterocycles. The normalized spacial score (nSPS) is 15.3. The number of likely N-dealkylation sites (tertiary alicyclic amines) is 1. The van der Waals surface area contributed by atoms with E-state index in [4.69, 9.17) is 19.3 Å². The maximum absolute atomic E-state index is 10.5. The van der Waals surface area contributed by atoms with Gasteiger partial charge in [0, 0.05) is 19.6 Å². The van der Waals surface area contributed by atoms with Gasteiger partial charge in [-0.1, -0.05) is 36.4 Å². The molecule has 1 saturated heterocycles. The van der Waals surface area contributed by atoms with Crippen molar-refractivity contribution >= 4 is 5.97 Å². The number of benzene rings is 2. The summed E-state index contributed by atoms with van der Waals surface area (Å²) in [6.45, 7) is 3.47. The molecule has 3 rings (SSSR count). The number of piperidine rings is 1. The van der Waals surface area contributed by atoms with Gasteiger partial charge in [0.2, 0.25) is 0 Å². The molecule has 2 aromatic carbocycles. The predicted octanol–water partition coefficient (Wildman–Crippen LogP) is 3.44. The molecular formula is C23H29NO5. The lowest BCUT2D eigenvalue weighted by molar-refractivity contribution is -0.142. The molecule has 0 atom stereocenters. The Morgan fingerprint density at radius 1 is 1.10 bits per heavy atom. The quantitative estimate of drug-likeness (QED) is 0.617. The van der Waals surface area contributed by atoms with Gasteiger partial charge in [0.25, 0.3) is 0 Å². The highest BCUT2D eigenvalue weighted by Gasteiger charge is 2.20. The van der Waals surface area contributed by atoms with E-state index in [2.05, 4.69) is 29.2 Å². The fourth-order valence-corrected chi connectivity index (χ4v) is 3.56. The number of hydrogen-bond acceptors (Lipinski definition) is 5. The molecule has 29 heavy (non-hydrogen) atoms. The lowest BCUT2D eigenvalue weighted by Crippen LogP contribution is -2.38. The van der Waals surface area contributed by atoms with Crippen molar-refractivity contribution in [1.29, 1.82) is 0 Å². The molecule has 1 N–H and O–H groups in total. The summed E-state index contributed by atoms with van der Waals surface area (Å²) in [6.07, 6.45) is 2.20. The Morgan fingerprint density at radius 3 is 2.52 bits per heavy atom. The van der Waals surface area contributed by atoms with Crippen LogP contribution in [-0.2, 0) is 20.9 Å². The number of carbonyl (C=O) groups is 1. The summed E-state index contributed by atoms with van der Waals surface area (Å²) in [6, 6.07) is 16.4. The van der Waals surface area contributed by atoms with Gasteiger partial charge in [0.1, 0.15) is 12.4 Å². The lowest BCUT2D eigenvalue weighted by atomic mass is 10.00. The van der Waals surface area contributed by atoms with Crippen LogP contribution in [0.3, 0.4) is 0 Å². The van der Waals surface area contributed by atoms with Gasteiger partial charge in [-0.15, -0.1) is 0 Å². The largest absolute Gasteiger partial charge is 0.497 e. The highest BCUT2D eigenvalue weighted by molar-refractivity contribution is 5.68. The summed E-state index contributed by atoms with van der Waals surface area (Å²) < 4.78 is 16.6. The zero-order chi connectivity index (χ0) is 20.5. The third kappa shape index (κ3) is 6.56. The van der Waals surface area contributed by atoms with E-state index >= 15 is 0 Å². The van der Waals surface area contributed by atoms with E-state index in [1.807, 2.05) is 24.3 Å². The van der Waals surface area contributed by atoms with Crippen LogP contribution in [0, 0.1) is 0 Å². The topological polar surface area (TPSA) is 68.2 Å². The molecule has 0 unspecified atom stereocenters. The van der Waals surface area contributed by atoms with Crippen LogP contribution in [0.5, 0.6) is 5.75 Å². The van der Waals surface area contributed by atoms with E-state index in [1.54, 1.807) is 7.11 Å². The minimum atomic E-state index is -0.924. The first-order chi connectivity index (χ1) is 14.2.